The van der Waals surface area contributed by atoms with Crippen LogP contribution < -0.4 is 5.32 Å². The van der Waals surface area contributed by atoms with Crippen molar-refractivity contribution in [2.75, 3.05) is 11.5 Å². The fourth-order valence-electron chi connectivity index (χ4n) is 2.89. The second-order valence-corrected chi connectivity index (χ2v) is 9.07. The molecule has 1 heterocycles. The zero-order chi connectivity index (χ0) is 19.2. The Bertz CT molecular complexity index is 727. The lowest BCUT2D eigenvalue weighted by Crippen LogP contribution is -2.42. The lowest BCUT2D eigenvalue weighted by atomic mass is 10.1. The number of hydrogen-bond donors (Lipinski definition) is 1. The lowest BCUT2D eigenvalue weighted by molar-refractivity contribution is -0.154. The van der Waals surface area contributed by atoms with Crippen LogP contribution in [0.15, 0.2) is 24.3 Å². The number of unbranched alkanes of at least 4 members (excludes halogenated alkanes) is 1. The minimum absolute atomic E-state index is 0.0518. The molecule has 1 aromatic carbocycles. The number of amides is 1. The van der Waals surface area contributed by atoms with Gasteiger partial charge >= 0.3 is 5.97 Å². The molecule has 0 aromatic heterocycles. The first-order valence-corrected chi connectivity index (χ1v) is 10.9. The predicted molar refractivity (Wildman–Crippen MR) is 99.5 cm³/mol. The molecule has 1 aromatic rings. The van der Waals surface area contributed by atoms with Crippen molar-refractivity contribution < 1.29 is 22.7 Å². The summed E-state index contributed by atoms with van der Waals surface area (Å²) >= 11 is 0. The van der Waals surface area contributed by atoms with Crippen LogP contribution in [-0.2, 0) is 37.0 Å². The minimum Gasteiger partial charge on any atom is -0.452 e. The third-order valence-corrected chi connectivity index (χ3v) is 6.21. The number of esters is 1. The number of benzene rings is 1. The van der Waals surface area contributed by atoms with Gasteiger partial charge in [-0.15, -0.1) is 0 Å². The van der Waals surface area contributed by atoms with Crippen LogP contribution >= 0.6 is 0 Å². The number of ether oxygens (including phenoxy) is 1. The summed E-state index contributed by atoms with van der Waals surface area (Å²) in [6.07, 6.45) is 2.85. The maximum absolute atomic E-state index is 12.1. The average molecular weight is 381 g/mol. The van der Waals surface area contributed by atoms with Gasteiger partial charge in [0.25, 0.3) is 5.91 Å². The Balaban J connectivity index is 1.78. The molecule has 144 valence electrons. The van der Waals surface area contributed by atoms with Crippen molar-refractivity contribution in [1.29, 1.82) is 0 Å². The van der Waals surface area contributed by atoms with Gasteiger partial charge in [0, 0.05) is 6.04 Å². The lowest BCUT2D eigenvalue weighted by Gasteiger charge is -2.16. The molecule has 0 saturated carbocycles. The number of aryl methyl sites for hydroxylation is 1. The summed E-state index contributed by atoms with van der Waals surface area (Å²) in [7, 11) is -3.06. The molecule has 26 heavy (non-hydrogen) atoms. The van der Waals surface area contributed by atoms with Crippen molar-refractivity contribution in [2.45, 2.75) is 58.1 Å². The number of sulfone groups is 1. The highest BCUT2D eigenvalue weighted by molar-refractivity contribution is 7.91. The van der Waals surface area contributed by atoms with Gasteiger partial charge in [-0.05, 0) is 37.3 Å². The highest BCUT2D eigenvalue weighted by Crippen LogP contribution is 2.12. The summed E-state index contributed by atoms with van der Waals surface area (Å²) in [6, 6.07) is 7.43. The van der Waals surface area contributed by atoms with Crippen molar-refractivity contribution in [1.82, 2.24) is 5.32 Å². The molecule has 0 spiro atoms. The molecular weight excluding hydrogens is 354 g/mol. The summed E-state index contributed by atoms with van der Waals surface area (Å²) in [6.45, 7) is 3.64. The predicted octanol–water partition coefficient (Wildman–Crippen LogP) is 1.81. The largest absolute Gasteiger partial charge is 0.452 e. The van der Waals surface area contributed by atoms with Gasteiger partial charge in [0.2, 0.25) is 0 Å². The van der Waals surface area contributed by atoms with E-state index in [0.717, 1.165) is 24.8 Å². The average Bonchev–Trinajstić information content (AvgIpc) is 2.92. The topological polar surface area (TPSA) is 89.5 Å². The third-order valence-electron chi connectivity index (χ3n) is 4.45. The Morgan fingerprint density at radius 2 is 1.88 bits per heavy atom. The Hall–Kier alpha value is -1.89. The van der Waals surface area contributed by atoms with Gasteiger partial charge in [-0.3, -0.25) is 9.59 Å². The molecule has 1 amide bonds. The number of carbonyl (C=O) groups excluding carboxylic acids is 2. The van der Waals surface area contributed by atoms with Crippen LogP contribution in [0.25, 0.3) is 0 Å². The first kappa shape index (κ1) is 20.4. The summed E-state index contributed by atoms with van der Waals surface area (Å²) < 4.78 is 28.0. The van der Waals surface area contributed by atoms with E-state index in [1.54, 1.807) is 0 Å². The van der Waals surface area contributed by atoms with E-state index in [2.05, 4.69) is 12.2 Å². The minimum atomic E-state index is -3.06. The van der Waals surface area contributed by atoms with Gasteiger partial charge in [-0.2, -0.15) is 0 Å². The maximum atomic E-state index is 12.1. The maximum Gasteiger partial charge on any atom is 0.311 e. The molecule has 1 aliphatic rings. The highest BCUT2D eigenvalue weighted by Gasteiger charge is 2.30. The molecule has 2 atom stereocenters. The van der Waals surface area contributed by atoms with Crippen molar-refractivity contribution >= 4 is 21.7 Å². The van der Waals surface area contributed by atoms with Gasteiger partial charge in [0.05, 0.1) is 17.9 Å². The molecule has 2 rings (SSSR count). The fourth-order valence-corrected chi connectivity index (χ4v) is 4.56. The van der Waals surface area contributed by atoms with Crippen molar-refractivity contribution in [2.24, 2.45) is 0 Å². The first-order chi connectivity index (χ1) is 12.3. The van der Waals surface area contributed by atoms with Crippen LogP contribution in [0.3, 0.4) is 0 Å². The van der Waals surface area contributed by atoms with Crippen molar-refractivity contribution in [3.8, 4) is 0 Å². The quantitative estimate of drug-likeness (QED) is 0.694. The van der Waals surface area contributed by atoms with Gasteiger partial charge in [0.15, 0.2) is 15.9 Å². The SMILES string of the molecule is CCCCc1ccc(CC(=O)O[C@H](C)C(=O)N[C@H]2CCS(=O)(=O)C2)cc1. The van der Waals surface area contributed by atoms with Crippen molar-refractivity contribution in [3.63, 3.8) is 0 Å². The van der Waals surface area contributed by atoms with Gasteiger partial charge in [-0.25, -0.2) is 8.42 Å². The Labute approximate surface area is 155 Å². The monoisotopic (exact) mass is 381 g/mol. The molecule has 1 saturated heterocycles. The Morgan fingerprint density at radius 1 is 1.23 bits per heavy atom. The van der Waals surface area contributed by atoms with E-state index in [0.29, 0.717) is 6.42 Å². The summed E-state index contributed by atoms with van der Waals surface area (Å²) in [5.41, 5.74) is 2.08. The number of rotatable bonds is 8. The van der Waals surface area contributed by atoms with Gasteiger partial charge < -0.3 is 10.1 Å². The third kappa shape index (κ3) is 6.44. The number of nitrogens with one attached hydrogen (secondary N) is 1. The van der Waals surface area contributed by atoms with Crippen LogP contribution in [0, 0.1) is 0 Å². The fraction of sp³-hybridized carbons (Fsp3) is 0.579. The Morgan fingerprint density at radius 3 is 2.46 bits per heavy atom. The summed E-state index contributed by atoms with van der Waals surface area (Å²) in [5.74, 6) is -0.909. The normalized spacial score (nSPS) is 19.7. The van der Waals surface area contributed by atoms with E-state index in [4.69, 9.17) is 4.74 Å². The summed E-state index contributed by atoms with van der Waals surface area (Å²) in [5, 5.41) is 2.64. The molecule has 6 nitrogen and oxygen atoms in total. The van der Waals surface area contributed by atoms with Crippen molar-refractivity contribution in [3.05, 3.63) is 35.4 Å². The molecule has 7 heteroatoms. The van der Waals surface area contributed by atoms with Gasteiger partial charge in [0.1, 0.15) is 0 Å². The molecule has 1 aliphatic heterocycles. The molecule has 0 unspecified atom stereocenters. The van der Waals surface area contributed by atoms with Crippen LogP contribution in [0.5, 0.6) is 0 Å². The second kappa shape index (κ2) is 9.16. The molecule has 0 bridgehead atoms. The number of carbonyl (C=O) groups is 2. The summed E-state index contributed by atoms with van der Waals surface area (Å²) in [4.78, 5) is 24.1. The Kier molecular flexibility index (Phi) is 7.20. The first-order valence-electron chi connectivity index (χ1n) is 9.07. The smallest absolute Gasteiger partial charge is 0.311 e. The van der Waals surface area contributed by atoms with Crippen LogP contribution in [0.2, 0.25) is 0 Å². The highest BCUT2D eigenvalue weighted by atomic mass is 32.2. The number of hydrogen-bond acceptors (Lipinski definition) is 5. The van der Waals surface area contributed by atoms with E-state index in [9.17, 15) is 18.0 Å². The zero-order valence-corrected chi connectivity index (χ0v) is 16.2. The van der Waals surface area contributed by atoms with E-state index in [1.807, 2.05) is 24.3 Å². The van der Waals surface area contributed by atoms with E-state index >= 15 is 0 Å². The molecule has 1 N–H and O–H groups in total. The molecule has 0 radical (unpaired) electrons. The zero-order valence-electron chi connectivity index (χ0n) is 15.4. The van der Waals surface area contributed by atoms with Crippen LogP contribution in [0.1, 0.15) is 44.2 Å². The van der Waals surface area contributed by atoms with Crippen LogP contribution in [-0.4, -0.2) is 43.9 Å². The molecular formula is C19H27NO5S. The standard InChI is InChI=1S/C19H27NO5S/c1-3-4-5-15-6-8-16(9-7-15)12-18(21)25-14(2)19(22)20-17-10-11-26(23,24)13-17/h6-9,14,17H,3-5,10-13H2,1-2H3,(H,20,22)/t14-,17+/m1/s1. The van der Waals surface area contributed by atoms with E-state index in [1.165, 1.54) is 12.5 Å². The van der Waals surface area contributed by atoms with E-state index < -0.39 is 33.9 Å². The van der Waals surface area contributed by atoms with Crippen LogP contribution in [0.4, 0.5) is 0 Å². The van der Waals surface area contributed by atoms with E-state index in [-0.39, 0.29) is 17.9 Å². The molecule has 0 aliphatic carbocycles. The van der Waals surface area contributed by atoms with Gasteiger partial charge in [-0.1, -0.05) is 37.6 Å². The molecule has 1 fully saturated rings. The second-order valence-electron chi connectivity index (χ2n) is 6.84.